The minimum Gasteiger partial charge on any atom is -0.341 e. The van der Waals surface area contributed by atoms with E-state index in [1.807, 2.05) is 0 Å². The smallest absolute Gasteiger partial charge is 0.234 e. The summed E-state index contributed by atoms with van der Waals surface area (Å²) >= 11 is 13.2. The van der Waals surface area contributed by atoms with E-state index in [1.54, 1.807) is 18.2 Å². The van der Waals surface area contributed by atoms with Gasteiger partial charge in [-0.1, -0.05) is 41.0 Å². The second kappa shape index (κ2) is 6.51. The maximum absolute atomic E-state index is 12.0. The molecule has 0 bridgehead atoms. The van der Waals surface area contributed by atoms with E-state index in [0.29, 0.717) is 31.9 Å². The van der Waals surface area contributed by atoms with Crippen LogP contribution >= 0.6 is 35.0 Å². The summed E-state index contributed by atoms with van der Waals surface area (Å²) < 4.78 is 0. The average Bonchev–Trinajstić information content (AvgIpc) is 2.99. The molecule has 0 aliphatic heterocycles. The Bertz CT molecular complexity index is 838. The Hall–Kier alpha value is -1.83. The standard InChI is InChI=1S/C13H9Cl2N5OS/c14-7-2-1-3-8(10(7)15)20-9(21)4-22-13-11-12(17-5-16-11)18-6-19-13/h1-3,5-6H,4H2,(H,20,21)(H,16,17,18,19). The summed E-state index contributed by atoms with van der Waals surface area (Å²) in [4.78, 5) is 27.2. The number of hydrogen-bond acceptors (Lipinski definition) is 5. The number of halogens is 2. The number of hydrogen-bond donors (Lipinski definition) is 2. The number of nitrogens with zero attached hydrogens (tertiary/aromatic N) is 3. The average molecular weight is 354 g/mol. The highest BCUT2D eigenvalue weighted by Gasteiger charge is 2.11. The van der Waals surface area contributed by atoms with E-state index in [-0.39, 0.29) is 11.7 Å². The third-order valence-corrected chi connectivity index (χ3v) is 4.56. The van der Waals surface area contributed by atoms with Gasteiger partial charge in [0.2, 0.25) is 5.91 Å². The van der Waals surface area contributed by atoms with Crippen molar-refractivity contribution in [3.05, 3.63) is 40.9 Å². The number of aromatic amines is 1. The van der Waals surface area contributed by atoms with Crippen molar-refractivity contribution < 1.29 is 4.79 Å². The van der Waals surface area contributed by atoms with Crippen molar-refractivity contribution in [1.82, 2.24) is 19.9 Å². The predicted octanol–water partition coefficient (Wildman–Crippen LogP) is 3.39. The van der Waals surface area contributed by atoms with Gasteiger partial charge in [-0.2, -0.15) is 0 Å². The summed E-state index contributed by atoms with van der Waals surface area (Å²) in [5.41, 5.74) is 1.76. The Morgan fingerprint density at radius 3 is 3.00 bits per heavy atom. The van der Waals surface area contributed by atoms with Crippen molar-refractivity contribution in [2.45, 2.75) is 5.03 Å². The largest absolute Gasteiger partial charge is 0.341 e. The molecule has 0 saturated carbocycles. The van der Waals surface area contributed by atoms with E-state index in [0.717, 1.165) is 0 Å². The molecule has 2 N–H and O–H groups in total. The van der Waals surface area contributed by atoms with Gasteiger partial charge < -0.3 is 10.3 Å². The van der Waals surface area contributed by atoms with E-state index in [2.05, 4.69) is 25.3 Å². The van der Waals surface area contributed by atoms with Gasteiger partial charge in [0.15, 0.2) is 5.65 Å². The third-order valence-electron chi connectivity index (χ3n) is 2.75. The van der Waals surface area contributed by atoms with Crippen LogP contribution < -0.4 is 5.32 Å². The molecular weight excluding hydrogens is 345 g/mol. The molecule has 0 radical (unpaired) electrons. The first-order valence-electron chi connectivity index (χ1n) is 6.16. The van der Waals surface area contributed by atoms with E-state index >= 15 is 0 Å². The molecule has 22 heavy (non-hydrogen) atoms. The lowest BCUT2D eigenvalue weighted by Crippen LogP contribution is -2.14. The molecule has 0 aliphatic rings. The molecule has 2 heterocycles. The Balaban J connectivity index is 1.68. The molecule has 1 aromatic carbocycles. The van der Waals surface area contributed by atoms with Gasteiger partial charge in [0.25, 0.3) is 0 Å². The Kier molecular flexibility index (Phi) is 4.47. The highest BCUT2D eigenvalue weighted by atomic mass is 35.5. The number of rotatable bonds is 4. The molecule has 0 saturated heterocycles. The summed E-state index contributed by atoms with van der Waals surface area (Å²) in [6, 6.07) is 5.06. The number of aromatic nitrogens is 4. The summed E-state index contributed by atoms with van der Waals surface area (Å²) in [5, 5.41) is 4.09. The Labute approximate surface area is 139 Å². The van der Waals surface area contributed by atoms with Crippen LogP contribution in [0.15, 0.2) is 35.9 Å². The molecule has 9 heteroatoms. The molecular formula is C13H9Cl2N5OS. The van der Waals surface area contributed by atoms with Crippen LogP contribution in [0.2, 0.25) is 10.0 Å². The zero-order valence-electron chi connectivity index (χ0n) is 11.0. The van der Waals surface area contributed by atoms with Crippen LogP contribution in [-0.2, 0) is 4.79 Å². The number of imidazole rings is 1. The fourth-order valence-electron chi connectivity index (χ4n) is 1.77. The normalized spacial score (nSPS) is 10.8. The summed E-state index contributed by atoms with van der Waals surface area (Å²) in [5.74, 6) is -0.0333. The first-order valence-corrected chi connectivity index (χ1v) is 7.90. The molecule has 1 amide bonds. The zero-order valence-corrected chi connectivity index (χ0v) is 13.3. The van der Waals surface area contributed by atoms with Crippen LogP contribution in [0.1, 0.15) is 0 Å². The lowest BCUT2D eigenvalue weighted by Gasteiger charge is -2.07. The fraction of sp³-hybridized carbons (Fsp3) is 0.0769. The highest BCUT2D eigenvalue weighted by Crippen LogP contribution is 2.30. The van der Waals surface area contributed by atoms with Crippen molar-refractivity contribution in [2.75, 3.05) is 11.1 Å². The molecule has 2 aromatic heterocycles. The quantitative estimate of drug-likeness (QED) is 0.554. The van der Waals surface area contributed by atoms with Crippen molar-refractivity contribution >= 4 is 57.7 Å². The number of carbonyl (C=O) groups excluding carboxylic acids is 1. The number of anilines is 1. The van der Waals surface area contributed by atoms with Gasteiger partial charge in [-0.25, -0.2) is 15.0 Å². The summed E-state index contributed by atoms with van der Waals surface area (Å²) in [7, 11) is 0. The minimum atomic E-state index is -0.208. The number of H-pyrrole nitrogens is 1. The first kappa shape index (κ1) is 15.1. The van der Waals surface area contributed by atoms with E-state index < -0.39 is 0 Å². The van der Waals surface area contributed by atoms with Gasteiger partial charge in [-0.15, -0.1) is 0 Å². The van der Waals surface area contributed by atoms with Crippen LogP contribution in [0.4, 0.5) is 5.69 Å². The maximum atomic E-state index is 12.0. The predicted molar refractivity (Wildman–Crippen MR) is 87.5 cm³/mol. The minimum absolute atomic E-state index is 0.175. The lowest BCUT2D eigenvalue weighted by molar-refractivity contribution is -0.113. The summed E-state index contributed by atoms with van der Waals surface area (Å²) in [6.07, 6.45) is 2.95. The van der Waals surface area contributed by atoms with Crippen LogP contribution in [0.3, 0.4) is 0 Å². The maximum Gasteiger partial charge on any atom is 0.234 e. The van der Waals surface area contributed by atoms with E-state index in [4.69, 9.17) is 23.2 Å². The van der Waals surface area contributed by atoms with Crippen molar-refractivity contribution in [1.29, 1.82) is 0 Å². The molecule has 0 atom stereocenters. The topological polar surface area (TPSA) is 83.6 Å². The number of carbonyl (C=O) groups is 1. The van der Waals surface area contributed by atoms with Crippen LogP contribution in [0.5, 0.6) is 0 Å². The van der Waals surface area contributed by atoms with Gasteiger partial charge in [0.05, 0.1) is 27.8 Å². The van der Waals surface area contributed by atoms with Crippen molar-refractivity contribution in [3.63, 3.8) is 0 Å². The van der Waals surface area contributed by atoms with E-state index in [1.165, 1.54) is 24.4 Å². The van der Waals surface area contributed by atoms with Gasteiger partial charge in [-0.05, 0) is 12.1 Å². The van der Waals surface area contributed by atoms with Gasteiger partial charge in [0.1, 0.15) is 16.9 Å². The molecule has 3 aromatic rings. The third kappa shape index (κ3) is 3.16. The number of fused-ring (bicyclic) bond motifs is 1. The Morgan fingerprint density at radius 1 is 1.27 bits per heavy atom. The lowest BCUT2D eigenvalue weighted by atomic mass is 10.3. The number of nitrogens with one attached hydrogen (secondary N) is 2. The van der Waals surface area contributed by atoms with Crippen LogP contribution in [-0.4, -0.2) is 31.6 Å². The monoisotopic (exact) mass is 353 g/mol. The Morgan fingerprint density at radius 2 is 2.14 bits per heavy atom. The molecule has 0 unspecified atom stereocenters. The fourth-order valence-corrected chi connectivity index (χ4v) is 2.88. The molecule has 0 spiro atoms. The zero-order chi connectivity index (χ0) is 15.5. The first-order chi connectivity index (χ1) is 10.6. The SMILES string of the molecule is O=C(CSc1ncnc2nc[nH]c12)Nc1cccc(Cl)c1Cl. The molecule has 0 fully saturated rings. The number of amides is 1. The number of thioether (sulfide) groups is 1. The van der Waals surface area contributed by atoms with Gasteiger partial charge in [0, 0.05) is 0 Å². The van der Waals surface area contributed by atoms with Crippen LogP contribution in [0, 0.1) is 0 Å². The molecule has 112 valence electrons. The molecule has 0 aliphatic carbocycles. The second-order valence-electron chi connectivity index (χ2n) is 4.22. The van der Waals surface area contributed by atoms with Crippen LogP contribution in [0.25, 0.3) is 11.2 Å². The molecule has 3 rings (SSSR count). The summed E-state index contributed by atoms with van der Waals surface area (Å²) in [6.45, 7) is 0. The van der Waals surface area contributed by atoms with Gasteiger partial charge in [-0.3, -0.25) is 4.79 Å². The van der Waals surface area contributed by atoms with Crippen molar-refractivity contribution in [2.24, 2.45) is 0 Å². The number of benzene rings is 1. The molecule has 6 nitrogen and oxygen atoms in total. The van der Waals surface area contributed by atoms with E-state index in [9.17, 15) is 4.79 Å². The second-order valence-corrected chi connectivity index (χ2v) is 5.97. The van der Waals surface area contributed by atoms with Gasteiger partial charge >= 0.3 is 0 Å². The highest BCUT2D eigenvalue weighted by molar-refractivity contribution is 8.00. The van der Waals surface area contributed by atoms with Crippen molar-refractivity contribution in [3.8, 4) is 0 Å².